The lowest BCUT2D eigenvalue weighted by molar-refractivity contribution is -0.144. The third-order valence-electron chi connectivity index (χ3n) is 5.29. The zero-order valence-electron chi connectivity index (χ0n) is 18.9. The van der Waals surface area contributed by atoms with Crippen LogP contribution in [0, 0.1) is 0 Å². The van der Waals surface area contributed by atoms with Crippen molar-refractivity contribution in [1.29, 1.82) is 0 Å². The van der Waals surface area contributed by atoms with E-state index >= 15 is 0 Å². The summed E-state index contributed by atoms with van der Waals surface area (Å²) in [7, 11) is 0. The molecule has 0 saturated carbocycles. The van der Waals surface area contributed by atoms with Crippen LogP contribution >= 0.6 is 0 Å². The van der Waals surface area contributed by atoms with Crippen LogP contribution in [0.2, 0.25) is 0 Å². The molecule has 0 spiro atoms. The molecule has 0 heterocycles. The maximum Gasteiger partial charge on any atom is 0.308 e. The second-order valence-electron chi connectivity index (χ2n) is 8.12. The van der Waals surface area contributed by atoms with Crippen molar-refractivity contribution < 1.29 is 19.7 Å². The minimum absolute atomic E-state index is 0.112. The molecule has 172 valence electrons. The molecule has 0 aliphatic carbocycles. The number of allylic oxidation sites excluding steroid dienone is 2. The Morgan fingerprint density at radius 3 is 1.41 bits per heavy atom. The minimum Gasteiger partial charge on any atom is -0.466 e. The van der Waals surface area contributed by atoms with E-state index in [9.17, 15) is 4.79 Å². The van der Waals surface area contributed by atoms with Gasteiger partial charge in [-0.1, -0.05) is 89.2 Å². The van der Waals surface area contributed by atoms with Gasteiger partial charge in [-0.2, -0.15) is 0 Å². The molecule has 0 rings (SSSR count). The highest BCUT2D eigenvalue weighted by Gasteiger charge is 2.00. The van der Waals surface area contributed by atoms with E-state index in [1.807, 2.05) is 0 Å². The van der Waals surface area contributed by atoms with Gasteiger partial charge in [0, 0.05) is 6.61 Å². The first-order chi connectivity index (χ1) is 14.3. The number of aliphatic hydroxyl groups is 2. The second-order valence-corrected chi connectivity index (χ2v) is 8.12. The number of aliphatic hydroxyl groups excluding tert-OH is 2. The number of ether oxygens (including phenoxy) is 1. The summed E-state index contributed by atoms with van der Waals surface area (Å²) >= 11 is 0. The molecule has 0 radical (unpaired) electrons. The van der Waals surface area contributed by atoms with Crippen LogP contribution in [0.5, 0.6) is 0 Å². The van der Waals surface area contributed by atoms with E-state index in [0.29, 0.717) is 13.2 Å². The number of carbonyl (C=O) groups is 1. The maximum absolute atomic E-state index is 11.1. The van der Waals surface area contributed by atoms with E-state index in [1.165, 1.54) is 96.3 Å². The van der Waals surface area contributed by atoms with Gasteiger partial charge in [-0.25, -0.2) is 0 Å². The van der Waals surface area contributed by atoms with Gasteiger partial charge in [0.2, 0.25) is 0 Å². The molecule has 4 nitrogen and oxygen atoms in total. The Morgan fingerprint density at radius 2 is 0.966 bits per heavy atom. The Balaban J connectivity index is 3.11. The first-order valence-corrected chi connectivity index (χ1v) is 12.3. The van der Waals surface area contributed by atoms with E-state index < -0.39 is 0 Å². The van der Waals surface area contributed by atoms with Gasteiger partial charge in [0.1, 0.15) is 0 Å². The van der Waals surface area contributed by atoms with Crippen LogP contribution in [0.4, 0.5) is 0 Å². The molecule has 0 unspecified atom stereocenters. The van der Waals surface area contributed by atoms with Gasteiger partial charge >= 0.3 is 5.97 Å². The number of esters is 1. The van der Waals surface area contributed by atoms with Crippen LogP contribution in [-0.2, 0) is 9.53 Å². The topological polar surface area (TPSA) is 66.8 Å². The van der Waals surface area contributed by atoms with Gasteiger partial charge in [-0.15, -0.1) is 0 Å². The standard InChI is InChI=1S/C25H48O4/c26-22-19-17-15-13-11-9-7-5-3-1-2-4-6-8-10-12-14-16-18-20-24-29-25(28)21-23-27/h4,6,26-27H,1-3,5,7-24H2/b6-4-. The quantitative estimate of drug-likeness (QED) is 0.114. The van der Waals surface area contributed by atoms with Crippen LogP contribution in [0.25, 0.3) is 0 Å². The molecule has 4 heteroatoms. The van der Waals surface area contributed by atoms with Crippen molar-refractivity contribution in [3.63, 3.8) is 0 Å². The average molecular weight is 413 g/mol. The monoisotopic (exact) mass is 412 g/mol. The van der Waals surface area contributed by atoms with Gasteiger partial charge in [0.05, 0.1) is 19.6 Å². The summed E-state index contributed by atoms with van der Waals surface area (Å²) in [5.74, 6) is -0.291. The molecule has 0 aromatic heterocycles. The highest BCUT2D eigenvalue weighted by molar-refractivity contribution is 5.69. The molecule has 0 atom stereocenters. The van der Waals surface area contributed by atoms with Crippen molar-refractivity contribution in [2.75, 3.05) is 19.8 Å². The first-order valence-electron chi connectivity index (χ1n) is 12.3. The smallest absolute Gasteiger partial charge is 0.308 e. The summed E-state index contributed by atoms with van der Waals surface area (Å²) in [6.45, 7) is 0.720. The van der Waals surface area contributed by atoms with Gasteiger partial charge in [0.15, 0.2) is 0 Å². The molecule has 0 aromatic rings. The van der Waals surface area contributed by atoms with Gasteiger partial charge in [-0.3, -0.25) is 4.79 Å². The largest absolute Gasteiger partial charge is 0.466 e. The Hall–Kier alpha value is -0.870. The fraction of sp³-hybridized carbons (Fsp3) is 0.880. The van der Waals surface area contributed by atoms with Crippen molar-refractivity contribution in [3.05, 3.63) is 12.2 Å². The molecular weight excluding hydrogens is 364 g/mol. The summed E-state index contributed by atoms with van der Waals surface area (Å²) in [5.41, 5.74) is 0. The van der Waals surface area contributed by atoms with E-state index in [0.717, 1.165) is 19.3 Å². The number of unbranched alkanes of at least 4 members (excludes halogenated alkanes) is 16. The van der Waals surface area contributed by atoms with Crippen LogP contribution in [0.3, 0.4) is 0 Å². The third-order valence-corrected chi connectivity index (χ3v) is 5.29. The lowest BCUT2D eigenvalue weighted by Crippen LogP contribution is -2.07. The molecule has 29 heavy (non-hydrogen) atoms. The predicted octanol–water partition coefficient (Wildman–Crippen LogP) is 6.48. The van der Waals surface area contributed by atoms with Crippen LogP contribution in [-0.4, -0.2) is 36.0 Å². The molecule has 0 saturated heterocycles. The SMILES string of the molecule is O=C(CCO)OCCCCCCCC/C=C\CCCCCCCCCCCCO. The fourth-order valence-corrected chi connectivity index (χ4v) is 3.44. The molecule has 0 aromatic carbocycles. The Morgan fingerprint density at radius 1 is 0.552 bits per heavy atom. The number of hydrogen-bond donors (Lipinski definition) is 2. The molecule has 0 aliphatic heterocycles. The highest BCUT2D eigenvalue weighted by atomic mass is 16.5. The lowest BCUT2D eigenvalue weighted by atomic mass is 10.1. The van der Waals surface area contributed by atoms with Crippen LogP contribution in [0.15, 0.2) is 12.2 Å². The van der Waals surface area contributed by atoms with E-state index in [2.05, 4.69) is 12.2 Å². The van der Waals surface area contributed by atoms with Crippen molar-refractivity contribution in [2.24, 2.45) is 0 Å². The Labute approximate surface area is 180 Å². The number of carbonyl (C=O) groups excluding carboxylic acids is 1. The molecule has 0 aliphatic rings. The van der Waals surface area contributed by atoms with Gasteiger partial charge in [0.25, 0.3) is 0 Å². The van der Waals surface area contributed by atoms with E-state index in [4.69, 9.17) is 14.9 Å². The first kappa shape index (κ1) is 28.1. The van der Waals surface area contributed by atoms with Crippen molar-refractivity contribution >= 4 is 5.97 Å². The summed E-state index contributed by atoms with van der Waals surface area (Å²) in [6.07, 6.45) is 27.3. The Bertz CT molecular complexity index is 355. The summed E-state index contributed by atoms with van der Waals surface area (Å²) in [4.78, 5) is 11.1. The predicted molar refractivity (Wildman–Crippen MR) is 122 cm³/mol. The van der Waals surface area contributed by atoms with Crippen molar-refractivity contribution in [2.45, 2.75) is 122 Å². The Kier molecular flexibility index (Phi) is 24.4. The number of rotatable bonds is 23. The third kappa shape index (κ3) is 25.1. The molecule has 0 amide bonds. The molecule has 2 N–H and O–H groups in total. The zero-order chi connectivity index (χ0) is 21.3. The van der Waals surface area contributed by atoms with E-state index in [1.54, 1.807) is 0 Å². The minimum atomic E-state index is -0.291. The lowest BCUT2D eigenvalue weighted by Gasteiger charge is -2.03. The van der Waals surface area contributed by atoms with Crippen LogP contribution in [0.1, 0.15) is 122 Å². The summed E-state index contributed by atoms with van der Waals surface area (Å²) in [5, 5.41) is 17.3. The van der Waals surface area contributed by atoms with Gasteiger partial charge in [-0.05, 0) is 38.5 Å². The molecule has 0 bridgehead atoms. The molecule has 0 fully saturated rings. The van der Waals surface area contributed by atoms with Gasteiger partial charge < -0.3 is 14.9 Å². The van der Waals surface area contributed by atoms with Crippen molar-refractivity contribution in [1.82, 2.24) is 0 Å². The van der Waals surface area contributed by atoms with E-state index in [-0.39, 0.29) is 19.0 Å². The highest BCUT2D eigenvalue weighted by Crippen LogP contribution is 2.12. The normalized spacial score (nSPS) is 11.4. The summed E-state index contributed by atoms with van der Waals surface area (Å²) in [6, 6.07) is 0. The number of hydrogen-bond acceptors (Lipinski definition) is 4. The average Bonchev–Trinajstić information content (AvgIpc) is 2.72. The summed E-state index contributed by atoms with van der Waals surface area (Å²) < 4.78 is 5.01. The maximum atomic E-state index is 11.1. The fourth-order valence-electron chi connectivity index (χ4n) is 3.44. The molecular formula is C25H48O4. The second kappa shape index (κ2) is 25.2. The van der Waals surface area contributed by atoms with Crippen LogP contribution < -0.4 is 0 Å². The zero-order valence-corrected chi connectivity index (χ0v) is 18.9. The van der Waals surface area contributed by atoms with Crippen molar-refractivity contribution in [3.8, 4) is 0 Å².